The van der Waals surface area contributed by atoms with Crippen LogP contribution in [0.5, 0.6) is 11.6 Å². The Labute approximate surface area is 224 Å². The number of amides is 1. The minimum absolute atomic E-state index is 0.0551. The molecule has 10 heteroatoms. The largest absolute Gasteiger partial charge is 0.434 e. The molecular weight excluding hydrogens is 507 g/mol. The summed E-state index contributed by atoms with van der Waals surface area (Å²) in [4.78, 5) is 33.6. The number of ether oxygens (including phenoxy) is 1. The van der Waals surface area contributed by atoms with E-state index in [1.54, 1.807) is 60.0 Å². The first-order valence-electron chi connectivity index (χ1n) is 12.3. The van der Waals surface area contributed by atoms with E-state index in [1.165, 1.54) is 4.57 Å². The highest BCUT2D eigenvalue weighted by Crippen LogP contribution is 2.51. The second-order valence-electron chi connectivity index (χ2n) is 10.6. The maximum atomic E-state index is 16.3. The zero-order valence-electron chi connectivity index (χ0n) is 22.9. The van der Waals surface area contributed by atoms with E-state index >= 15 is 4.39 Å². The summed E-state index contributed by atoms with van der Waals surface area (Å²) in [5, 5.41) is 14.1. The van der Waals surface area contributed by atoms with Crippen LogP contribution < -0.4 is 15.6 Å². The number of carbonyl (C=O) groups excluding carboxylic acids is 1. The molecule has 0 spiro atoms. The molecule has 0 aromatic carbocycles. The lowest BCUT2D eigenvalue weighted by Gasteiger charge is -2.36. The van der Waals surface area contributed by atoms with Gasteiger partial charge in [-0.1, -0.05) is 13.8 Å². The van der Waals surface area contributed by atoms with Crippen LogP contribution in [0.3, 0.4) is 0 Å². The summed E-state index contributed by atoms with van der Waals surface area (Å²) in [6, 6.07) is 5.20. The molecule has 0 fully saturated rings. The van der Waals surface area contributed by atoms with Gasteiger partial charge in [0.1, 0.15) is 11.2 Å². The number of nitrogens with one attached hydrogen (secondary N) is 2. The predicted octanol–water partition coefficient (Wildman–Crippen LogP) is 5.34. The number of pyridine rings is 2. The molecule has 0 aliphatic rings. The number of rotatable bonds is 7. The van der Waals surface area contributed by atoms with E-state index in [1.807, 2.05) is 19.9 Å². The Morgan fingerprint density at radius 3 is 2.53 bits per heavy atom. The number of nitrogens with zero attached hydrogens (tertiary/aromatic N) is 2. The third-order valence-corrected chi connectivity index (χ3v) is 8.48. The number of aliphatic hydroxyl groups is 1. The fraction of sp³-hybridized carbons (Fsp3) is 0.393. The van der Waals surface area contributed by atoms with Gasteiger partial charge in [0.15, 0.2) is 11.6 Å². The number of fused-ring (bicyclic) bond motifs is 1. The van der Waals surface area contributed by atoms with E-state index in [2.05, 4.69) is 15.3 Å². The molecule has 4 aromatic rings. The molecule has 0 saturated heterocycles. The molecule has 4 heterocycles. The number of aromatic nitrogens is 3. The van der Waals surface area contributed by atoms with Crippen molar-refractivity contribution in [3.05, 3.63) is 62.4 Å². The number of hydrogen-bond acceptors (Lipinski definition) is 6. The van der Waals surface area contributed by atoms with E-state index in [-0.39, 0.29) is 34.3 Å². The zero-order chi connectivity index (χ0) is 28.2. The van der Waals surface area contributed by atoms with Gasteiger partial charge in [0.05, 0.1) is 15.4 Å². The summed E-state index contributed by atoms with van der Waals surface area (Å²) in [5.41, 5.74) is 0.000910. The number of halogens is 1. The van der Waals surface area contributed by atoms with Crippen molar-refractivity contribution in [3.8, 4) is 22.1 Å². The molecule has 0 atom stereocenters. The van der Waals surface area contributed by atoms with E-state index in [0.717, 1.165) is 22.6 Å². The number of aryl methyl sites for hydroxylation is 3. The van der Waals surface area contributed by atoms with Gasteiger partial charge in [0.2, 0.25) is 5.88 Å². The first-order valence-corrected chi connectivity index (χ1v) is 13.2. The SMILES string of the molecule is CCNC(=O)c1cc2c(-c3sc(C(C)(C)C(C)(C)O)c(F)c3Oc3cc(C)cc(C)n3)cn(C)c(=O)c2[nH]1. The van der Waals surface area contributed by atoms with Gasteiger partial charge in [0.25, 0.3) is 11.5 Å². The fourth-order valence-corrected chi connectivity index (χ4v) is 5.59. The van der Waals surface area contributed by atoms with Crippen molar-refractivity contribution in [2.75, 3.05) is 6.54 Å². The Morgan fingerprint density at radius 2 is 1.92 bits per heavy atom. The number of thiophene rings is 1. The quantitative estimate of drug-likeness (QED) is 0.293. The third-order valence-electron chi connectivity index (χ3n) is 6.98. The number of hydrogen-bond donors (Lipinski definition) is 3. The summed E-state index contributed by atoms with van der Waals surface area (Å²) >= 11 is 1.14. The summed E-state index contributed by atoms with van der Waals surface area (Å²) in [7, 11) is 1.59. The Kier molecular flexibility index (Phi) is 7.00. The Bertz CT molecular complexity index is 1590. The van der Waals surface area contributed by atoms with Crippen molar-refractivity contribution < 1.29 is 19.0 Å². The van der Waals surface area contributed by atoms with Gasteiger partial charge in [0, 0.05) is 47.9 Å². The number of aromatic amines is 1. The van der Waals surface area contributed by atoms with E-state index in [4.69, 9.17) is 4.74 Å². The van der Waals surface area contributed by atoms with Crippen molar-refractivity contribution in [3.63, 3.8) is 0 Å². The highest BCUT2D eigenvalue weighted by Gasteiger charge is 2.42. The van der Waals surface area contributed by atoms with Crippen LogP contribution in [-0.2, 0) is 12.5 Å². The van der Waals surface area contributed by atoms with Gasteiger partial charge in [-0.2, -0.15) is 0 Å². The topological polar surface area (TPSA) is 109 Å². The molecule has 0 saturated carbocycles. The normalized spacial score (nSPS) is 12.3. The molecule has 4 rings (SSSR count). The van der Waals surface area contributed by atoms with Crippen LogP contribution in [0.4, 0.5) is 4.39 Å². The minimum atomic E-state index is -1.26. The maximum Gasteiger partial charge on any atom is 0.274 e. The smallest absolute Gasteiger partial charge is 0.274 e. The number of H-pyrrole nitrogens is 1. The van der Waals surface area contributed by atoms with Crippen LogP contribution in [0.15, 0.2) is 29.2 Å². The van der Waals surface area contributed by atoms with Gasteiger partial charge in [-0.3, -0.25) is 9.59 Å². The zero-order valence-corrected chi connectivity index (χ0v) is 23.7. The van der Waals surface area contributed by atoms with E-state index in [0.29, 0.717) is 27.2 Å². The number of carbonyl (C=O) groups is 1. The highest BCUT2D eigenvalue weighted by atomic mass is 32.1. The lowest BCUT2D eigenvalue weighted by atomic mass is 9.76. The monoisotopic (exact) mass is 540 g/mol. The molecule has 3 N–H and O–H groups in total. The molecule has 0 unspecified atom stereocenters. The maximum absolute atomic E-state index is 16.3. The predicted molar refractivity (Wildman–Crippen MR) is 148 cm³/mol. The lowest BCUT2D eigenvalue weighted by molar-refractivity contribution is 0.00974. The minimum Gasteiger partial charge on any atom is -0.434 e. The van der Waals surface area contributed by atoms with Crippen molar-refractivity contribution in [2.45, 2.75) is 59.5 Å². The lowest BCUT2D eigenvalue weighted by Crippen LogP contribution is -2.42. The first-order chi connectivity index (χ1) is 17.7. The molecule has 202 valence electrons. The first kappa shape index (κ1) is 27.5. The molecule has 1 amide bonds. The summed E-state index contributed by atoms with van der Waals surface area (Å²) in [6.45, 7) is 12.7. The second-order valence-corrected chi connectivity index (χ2v) is 11.6. The fourth-order valence-electron chi connectivity index (χ4n) is 4.20. The highest BCUT2D eigenvalue weighted by molar-refractivity contribution is 7.16. The molecule has 0 bridgehead atoms. The van der Waals surface area contributed by atoms with Crippen molar-refractivity contribution in [2.24, 2.45) is 7.05 Å². The average molecular weight is 541 g/mol. The summed E-state index contributed by atoms with van der Waals surface area (Å²) < 4.78 is 23.8. The molecule has 0 aliphatic carbocycles. The van der Waals surface area contributed by atoms with Gasteiger partial charge in [-0.25, -0.2) is 9.37 Å². The van der Waals surface area contributed by atoms with Crippen molar-refractivity contribution >= 4 is 28.1 Å². The third kappa shape index (κ3) is 4.74. The molecule has 4 aromatic heterocycles. The standard InChI is InChI=1S/C28H33FN4O4S/c1-9-30-25(34)18-12-16-17(13-33(8)26(35)21(16)32-18)23-22(37-19-11-14(2)10-15(3)31-19)20(29)24(38-23)27(4,5)28(6,7)36/h10-13,32,36H,9H2,1-8H3,(H,30,34). The van der Waals surface area contributed by atoms with Crippen molar-refractivity contribution in [1.29, 1.82) is 0 Å². The summed E-state index contributed by atoms with van der Waals surface area (Å²) in [6.07, 6.45) is 1.61. The van der Waals surface area contributed by atoms with Crippen LogP contribution in [0.2, 0.25) is 0 Å². The Hall–Kier alpha value is -3.50. The van der Waals surface area contributed by atoms with Crippen LogP contribution in [-0.4, -0.2) is 37.7 Å². The molecule has 0 radical (unpaired) electrons. The molecule has 8 nitrogen and oxygen atoms in total. The second kappa shape index (κ2) is 9.67. The Balaban J connectivity index is 2.04. The molecule has 38 heavy (non-hydrogen) atoms. The molecular formula is C28H33FN4O4S. The Morgan fingerprint density at radius 1 is 1.24 bits per heavy atom. The van der Waals surface area contributed by atoms with Crippen LogP contribution in [0.25, 0.3) is 21.3 Å². The van der Waals surface area contributed by atoms with Gasteiger partial charge in [-0.05, 0) is 52.3 Å². The van der Waals surface area contributed by atoms with Crippen LogP contribution in [0, 0.1) is 19.7 Å². The van der Waals surface area contributed by atoms with Gasteiger partial charge < -0.3 is 24.7 Å². The van der Waals surface area contributed by atoms with Crippen LogP contribution >= 0.6 is 11.3 Å². The average Bonchev–Trinajstić information content (AvgIpc) is 3.38. The van der Waals surface area contributed by atoms with Gasteiger partial charge >= 0.3 is 0 Å². The van der Waals surface area contributed by atoms with Crippen LogP contribution in [0.1, 0.15) is 61.2 Å². The van der Waals surface area contributed by atoms with E-state index < -0.39 is 16.8 Å². The molecule has 0 aliphatic heterocycles. The van der Waals surface area contributed by atoms with E-state index in [9.17, 15) is 14.7 Å². The van der Waals surface area contributed by atoms with Gasteiger partial charge in [-0.15, -0.1) is 11.3 Å². The van der Waals surface area contributed by atoms with Crippen molar-refractivity contribution in [1.82, 2.24) is 19.9 Å². The summed E-state index contributed by atoms with van der Waals surface area (Å²) in [5.74, 6) is -0.792.